The van der Waals surface area contributed by atoms with E-state index in [2.05, 4.69) is 0 Å². The molecule has 0 rings (SSSR count). The Labute approximate surface area is 30.4 Å². The third-order valence-electron chi connectivity index (χ3n) is 0.316. The summed E-state index contributed by atoms with van der Waals surface area (Å²) in [6.45, 7) is 2.00. The topological polar surface area (TPSA) is 44.9 Å². The van der Waals surface area contributed by atoms with E-state index in [9.17, 15) is 0 Å². The quantitative estimate of drug-likeness (QED) is 0.340. The van der Waals surface area contributed by atoms with Crippen LogP contribution in [0.15, 0.2) is 0 Å². The monoisotopic (exact) mass is 78.1 g/mol. The zero-order valence-electron chi connectivity index (χ0n) is 3.10. The molecule has 0 radical (unpaired) electrons. The lowest BCUT2D eigenvalue weighted by molar-refractivity contribution is -1.24. The maximum Gasteiger partial charge on any atom is 0.137 e. The fourth-order valence-electron chi connectivity index (χ4n) is 0. The molecule has 0 amide bonds. The maximum atomic E-state index is 7.83. The standard InChI is InChI=1S/C2H7NO2/c1-2-3(4)5/h4-5H,2H2,1H3/p+1. The number of hydrogen-bond donors (Lipinski definition) is 3. The number of rotatable bonds is 1. The van der Waals surface area contributed by atoms with Crippen molar-refractivity contribution < 1.29 is 15.6 Å². The van der Waals surface area contributed by atoms with Crippen molar-refractivity contribution in [1.29, 1.82) is 0 Å². The highest BCUT2D eigenvalue weighted by atomic mass is 16.8. The van der Waals surface area contributed by atoms with Crippen LogP contribution in [-0.4, -0.2) is 17.0 Å². The first-order valence-corrected chi connectivity index (χ1v) is 1.51. The first-order chi connectivity index (χ1) is 2.27. The van der Waals surface area contributed by atoms with E-state index in [0.29, 0.717) is 6.54 Å². The molecule has 0 atom stereocenters. The molecule has 32 valence electrons. The van der Waals surface area contributed by atoms with Gasteiger partial charge >= 0.3 is 0 Å². The predicted molar refractivity (Wildman–Crippen MR) is 15.1 cm³/mol. The summed E-state index contributed by atoms with van der Waals surface area (Å²) in [6, 6.07) is 0. The highest BCUT2D eigenvalue weighted by Gasteiger charge is 1.82. The predicted octanol–water partition coefficient (Wildman–Crippen LogP) is -1.33. The van der Waals surface area contributed by atoms with Gasteiger partial charge in [0.15, 0.2) is 0 Å². The van der Waals surface area contributed by atoms with Gasteiger partial charge < -0.3 is 0 Å². The Morgan fingerprint density at radius 1 is 1.60 bits per heavy atom. The largest absolute Gasteiger partial charge is 0.184 e. The second-order valence-electron chi connectivity index (χ2n) is 0.770. The molecule has 0 unspecified atom stereocenters. The minimum atomic E-state index is -0.495. The van der Waals surface area contributed by atoms with Crippen molar-refractivity contribution in [1.82, 2.24) is 0 Å². The minimum Gasteiger partial charge on any atom is -0.184 e. The van der Waals surface area contributed by atoms with Crippen LogP contribution in [0.2, 0.25) is 0 Å². The third-order valence-corrected chi connectivity index (χ3v) is 0.316. The van der Waals surface area contributed by atoms with Gasteiger partial charge in [0.05, 0.1) is 0 Å². The SMILES string of the molecule is CC[NH+](O)O. The van der Waals surface area contributed by atoms with Crippen LogP contribution in [0, 0.1) is 0 Å². The second-order valence-corrected chi connectivity index (χ2v) is 0.770. The molecule has 3 nitrogen and oxygen atoms in total. The van der Waals surface area contributed by atoms with Crippen LogP contribution in [0.25, 0.3) is 0 Å². The van der Waals surface area contributed by atoms with Crippen LogP contribution < -0.4 is 5.23 Å². The van der Waals surface area contributed by atoms with Gasteiger partial charge in [-0.05, 0) is 6.92 Å². The molecule has 0 aromatic carbocycles. The summed E-state index contributed by atoms with van der Waals surface area (Å²) in [7, 11) is 0. The van der Waals surface area contributed by atoms with Crippen LogP contribution in [0.1, 0.15) is 6.92 Å². The van der Waals surface area contributed by atoms with E-state index in [0.717, 1.165) is 0 Å². The van der Waals surface area contributed by atoms with E-state index >= 15 is 0 Å². The van der Waals surface area contributed by atoms with Crippen molar-refractivity contribution in [2.75, 3.05) is 6.54 Å². The van der Waals surface area contributed by atoms with Crippen molar-refractivity contribution in [2.24, 2.45) is 0 Å². The summed E-state index contributed by atoms with van der Waals surface area (Å²) >= 11 is 0. The lowest BCUT2D eigenvalue weighted by Gasteiger charge is -1.89. The molecule has 0 fully saturated rings. The highest BCUT2D eigenvalue weighted by Crippen LogP contribution is 1.24. The van der Waals surface area contributed by atoms with Gasteiger partial charge in [0, 0.05) is 0 Å². The average molecular weight is 78.1 g/mol. The molecule has 0 bridgehead atoms. The second kappa shape index (κ2) is 2.14. The zero-order chi connectivity index (χ0) is 4.28. The lowest BCUT2D eigenvalue weighted by atomic mass is 10.8. The van der Waals surface area contributed by atoms with Crippen LogP contribution in [0.3, 0.4) is 0 Å². The first kappa shape index (κ1) is 4.88. The third kappa shape index (κ3) is 3.88. The number of nitrogens with one attached hydrogen (secondary N) is 1. The Kier molecular flexibility index (Phi) is 2.09. The van der Waals surface area contributed by atoms with Gasteiger partial charge in [0.25, 0.3) is 0 Å². The molecule has 0 aliphatic carbocycles. The minimum absolute atomic E-state index is 0.333. The van der Waals surface area contributed by atoms with Crippen LogP contribution >= 0.6 is 0 Å². The molecule has 0 aromatic rings. The Bertz CT molecular complexity index is 21.6. The van der Waals surface area contributed by atoms with E-state index in [1.165, 1.54) is 0 Å². The first-order valence-electron chi connectivity index (χ1n) is 1.51. The fraction of sp³-hybridized carbons (Fsp3) is 1.00. The normalized spacial score (nSPS) is 9.60. The Hall–Kier alpha value is -0.120. The summed E-state index contributed by atoms with van der Waals surface area (Å²) in [4.78, 5) is 0. The van der Waals surface area contributed by atoms with Gasteiger partial charge in [-0.15, -0.1) is 0 Å². The molecule has 3 heteroatoms. The molecular weight excluding hydrogens is 70.0 g/mol. The highest BCUT2D eigenvalue weighted by molar-refractivity contribution is 3.83. The van der Waals surface area contributed by atoms with Crippen molar-refractivity contribution in [3.8, 4) is 0 Å². The molecule has 0 heterocycles. The van der Waals surface area contributed by atoms with Crippen LogP contribution in [-0.2, 0) is 0 Å². The Morgan fingerprint density at radius 3 is 1.80 bits per heavy atom. The molecule has 0 saturated carbocycles. The van der Waals surface area contributed by atoms with E-state index in [1.807, 2.05) is 0 Å². The van der Waals surface area contributed by atoms with Crippen molar-refractivity contribution in [3.63, 3.8) is 0 Å². The van der Waals surface area contributed by atoms with Gasteiger partial charge in [-0.3, -0.25) is 0 Å². The summed E-state index contributed by atoms with van der Waals surface area (Å²) in [5.74, 6) is 0. The summed E-state index contributed by atoms with van der Waals surface area (Å²) in [5, 5.41) is 15.2. The summed E-state index contributed by atoms with van der Waals surface area (Å²) in [6.07, 6.45) is 0. The molecule has 3 N–H and O–H groups in total. The van der Waals surface area contributed by atoms with E-state index < -0.39 is 5.23 Å². The summed E-state index contributed by atoms with van der Waals surface area (Å²) < 4.78 is 0. The zero-order valence-corrected chi connectivity index (χ0v) is 3.10. The lowest BCUT2D eigenvalue weighted by Crippen LogP contribution is -3.06. The average Bonchev–Trinajstić information content (AvgIpc) is 1.38. The van der Waals surface area contributed by atoms with Gasteiger partial charge in [-0.1, -0.05) is 5.23 Å². The molecule has 0 spiro atoms. The maximum absolute atomic E-state index is 7.83. The van der Waals surface area contributed by atoms with Crippen molar-refractivity contribution >= 4 is 0 Å². The molecule has 0 saturated heterocycles. The van der Waals surface area contributed by atoms with Gasteiger partial charge in [0.2, 0.25) is 0 Å². The van der Waals surface area contributed by atoms with Crippen molar-refractivity contribution in [2.45, 2.75) is 6.92 Å². The molecule has 0 aliphatic heterocycles. The Morgan fingerprint density at radius 2 is 1.80 bits per heavy atom. The van der Waals surface area contributed by atoms with Gasteiger partial charge in [0.1, 0.15) is 6.54 Å². The van der Waals surface area contributed by atoms with Crippen LogP contribution in [0.4, 0.5) is 0 Å². The van der Waals surface area contributed by atoms with E-state index in [1.54, 1.807) is 6.92 Å². The molecule has 0 aliphatic rings. The van der Waals surface area contributed by atoms with E-state index in [4.69, 9.17) is 10.4 Å². The number of hydroxylamine groups is 2. The molecular formula is C2H8NO2+. The fourth-order valence-corrected chi connectivity index (χ4v) is 0. The van der Waals surface area contributed by atoms with Crippen molar-refractivity contribution in [3.05, 3.63) is 0 Å². The van der Waals surface area contributed by atoms with E-state index in [-0.39, 0.29) is 0 Å². The number of hydrogen-bond acceptors (Lipinski definition) is 2. The Balaban J connectivity index is 2.54. The number of quaternary nitrogens is 1. The van der Waals surface area contributed by atoms with Gasteiger partial charge in [-0.25, -0.2) is 0 Å². The molecule has 5 heavy (non-hydrogen) atoms. The molecule has 0 aromatic heterocycles. The van der Waals surface area contributed by atoms with Gasteiger partial charge in [-0.2, -0.15) is 10.4 Å². The van der Waals surface area contributed by atoms with Crippen LogP contribution in [0.5, 0.6) is 0 Å². The summed E-state index contributed by atoms with van der Waals surface area (Å²) in [5.41, 5.74) is 0. The smallest absolute Gasteiger partial charge is 0.137 e.